The van der Waals surface area contributed by atoms with Crippen LogP contribution in [-0.2, 0) is 6.54 Å². The standard InChI is InChI=1S/C19H32N2/c1-6-19(7-2)14-21(17(5)10-11-20-19)13-18-12-15(3)8-9-16(18)4/h8-9,12,17,20H,6-7,10-11,13-14H2,1-5H3. The zero-order valence-electron chi connectivity index (χ0n) is 14.5. The molecule has 0 spiro atoms. The average Bonchev–Trinajstić information content (AvgIpc) is 2.63. The zero-order chi connectivity index (χ0) is 15.5. The van der Waals surface area contributed by atoms with E-state index in [9.17, 15) is 0 Å². The molecule has 0 amide bonds. The molecule has 1 aromatic rings. The number of rotatable bonds is 4. The summed E-state index contributed by atoms with van der Waals surface area (Å²) in [7, 11) is 0. The summed E-state index contributed by atoms with van der Waals surface area (Å²) in [5.41, 5.74) is 4.57. The molecule has 1 aliphatic rings. The maximum absolute atomic E-state index is 3.82. The number of aryl methyl sites for hydroxylation is 2. The van der Waals surface area contributed by atoms with Gasteiger partial charge in [-0.15, -0.1) is 0 Å². The summed E-state index contributed by atoms with van der Waals surface area (Å²) >= 11 is 0. The first-order valence-electron chi connectivity index (χ1n) is 8.55. The smallest absolute Gasteiger partial charge is 0.0303 e. The van der Waals surface area contributed by atoms with Crippen molar-refractivity contribution >= 4 is 0 Å². The summed E-state index contributed by atoms with van der Waals surface area (Å²) in [6.07, 6.45) is 3.66. The predicted molar refractivity (Wildman–Crippen MR) is 91.7 cm³/mol. The van der Waals surface area contributed by atoms with Crippen LogP contribution in [0.15, 0.2) is 18.2 Å². The highest BCUT2D eigenvalue weighted by molar-refractivity contribution is 5.30. The van der Waals surface area contributed by atoms with Gasteiger partial charge in [0.25, 0.3) is 0 Å². The van der Waals surface area contributed by atoms with Crippen LogP contribution in [0.4, 0.5) is 0 Å². The second kappa shape index (κ2) is 6.93. The van der Waals surface area contributed by atoms with E-state index < -0.39 is 0 Å². The van der Waals surface area contributed by atoms with Gasteiger partial charge in [-0.25, -0.2) is 0 Å². The predicted octanol–water partition coefficient (Wildman–Crippen LogP) is 4.05. The fraction of sp³-hybridized carbons (Fsp3) is 0.684. The molecule has 1 saturated heterocycles. The van der Waals surface area contributed by atoms with E-state index in [1.807, 2.05) is 0 Å². The van der Waals surface area contributed by atoms with Crippen molar-refractivity contribution in [3.05, 3.63) is 34.9 Å². The first-order valence-corrected chi connectivity index (χ1v) is 8.55. The Morgan fingerprint density at radius 1 is 1.24 bits per heavy atom. The second-order valence-electron chi connectivity index (χ2n) is 6.89. The van der Waals surface area contributed by atoms with Gasteiger partial charge in [0.2, 0.25) is 0 Å². The van der Waals surface area contributed by atoms with E-state index in [1.54, 1.807) is 0 Å². The number of hydrogen-bond donors (Lipinski definition) is 1. The molecule has 0 radical (unpaired) electrons. The van der Waals surface area contributed by atoms with Crippen molar-refractivity contribution in [2.24, 2.45) is 0 Å². The molecule has 1 atom stereocenters. The maximum Gasteiger partial charge on any atom is 0.0303 e. The summed E-state index contributed by atoms with van der Waals surface area (Å²) in [5, 5.41) is 3.82. The van der Waals surface area contributed by atoms with Gasteiger partial charge in [-0.2, -0.15) is 0 Å². The lowest BCUT2D eigenvalue weighted by molar-refractivity contribution is 0.152. The third-order valence-electron chi connectivity index (χ3n) is 5.42. The largest absolute Gasteiger partial charge is 0.310 e. The van der Waals surface area contributed by atoms with Crippen LogP contribution in [0.25, 0.3) is 0 Å². The first kappa shape index (κ1) is 16.5. The monoisotopic (exact) mass is 288 g/mol. The number of hydrogen-bond acceptors (Lipinski definition) is 2. The van der Waals surface area contributed by atoms with Gasteiger partial charge in [0, 0.05) is 24.7 Å². The number of nitrogens with zero attached hydrogens (tertiary/aromatic N) is 1. The van der Waals surface area contributed by atoms with Gasteiger partial charge >= 0.3 is 0 Å². The fourth-order valence-corrected chi connectivity index (χ4v) is 3.45. The van der Waals surface area contributed by atoms with Gasteiger partial charge < -0.3 is 5.32 Å². The Morgan fingerprint density at radius 2 is 1.95 bits per heavy atom. The highest BCUT2D eigenvalue weighted by atomic mass is 15.2. The van der Waals surface area contributed by atoms with Crippen LogP contribution >= 0.6 is 0 Å². The fourth-order valence-electron chi connectivity index (χ4n) is 3.45. The van der Waals surface area contributed by atoms with E-state index in [0.717, 1.165) is 19.6 Å². The summed E-state index contributed by atoms with van der Waals surface area (Å²) < 4.78 is 0. The van der Waals surface area contributed by atoms with Crippen LogP contribution in [0, 0.1) is 13.8 Å². The molecule has 1 N–H and O–H groups in total. The Hall–Kier alpha value is -0.860. The third kappa shape index (κ3) is 3.87. The average molecular weight is 288 g/mol. The molecule has 1 heterocycles. The van der Waals surface area contributed by atoms with Crippen molar-refractivity contribution in [3.8, 4) is 0 Å². The second-order valence-corrected chi connectivity index (χ2v) is 6.89. The molecule has 0 aromatic heterocycles. The molecule has 1 unspecified atom stereocenters. The Morgan fingerprint density at radius 3 is 2.62 bits per heavy atom. The van der Waals surface area contributed by atoms with Crippen LogP contribution in [0.1, 0.15) is 56.7 Å². The molecule has 0 aliphatic carbocycles. The van der Waals surface area contributed by atoms with Crippen molar-refractivity contribution in [3.63, 3.8) is 0 Å². The van der Waals surface area contributed by atoms with Gasteiger partial charge in [0.15, 0.2) is 0 Å². The Bertz CT molecular complexity index is 463. The van der Waals surface area contributed by atoms with Crippen LogP contribution in [0.3, 0.4) is 0 Å². The summed E-state index contributed by atoms with van der Waals surface area (Å²) in [4.78, 5) is 2.69. The summed E-state index contributed by atoms with van der Waals surface area (Å²) in [5.74, 6) is 0. The Balaban J connectivity index is 2.21. The van der Waals surface area contributed by atoms with Crippen molar-refractivity contribution in [1.82, 2.24) is 10.2 Å². The molecular weight excluding hydrogens is 256 g/mol. The van der Waals surface area contributed by atoms with Gasteiger partial charge in [-0.05, 0) is 57.7 Å². The van der Waals surface area contributed by atoms with E-state index in [0.29, 0.717) is 11.6 Å². The number of nitrogens with one attached hydrogen (secondary N) is 1. The van der Waals surface area contributed by atoms with Crippen LogP contribution < -0.4 is 5.32 Å². The molecule has 0 saturated carbocycles. The quantitative estimate of drug-likeness (QED) is 0.899. The summed E-state index contributed by atoms with van der Waals surface area (Å²) in [6.45, 7) is 14.8. The first-order chi connectivity index (χ1) is 9.99. The molecule has 1 fully saturated rings. The van der Waals surface area contributed by atoms with E-state index in [4.69, 9.17) is 0 Å². The molecule has 2 nitrogen and oxygen atoms in total. The minimum absolute atomic E-state index is 0.294. The van der Waals surface area contributed by atoms with Crippen LogP contribution in [-0.4, -0.2) is 29.6 Å². The van der Waals surface area contributed by atoms with Crippen LogP contribution in [0.2, 0.25) is 0 Å². The van der Waals surface area contributed by atoms with E-state index in [1.165, 1.54) is 36.0 Å². The van der Waals surface area contributed by atoms with Gasteiger partial charge in [0.05, 0.1) is 0 Å². The minimum atomic E-state index is 0.294. The maximum atomic E-state index is 3.82. The molecule has 0 bridgehead atoms. The lowest BCUT2D eigenvalue weighted by Crippen LogP contribution is -2.51. The molecule has 1 aliphatic heterocycles. The van der Waals surface area contributed by atoms with Crippen LogP contribution in [0.5, 0.6) is 0 Å². The van der Waals surface area contributed by atoms with Gasteiger partial charge in [0.1, 0.15) is 0 Å². The van der Waals surface area contributed by atoms with E-state index in [2.05, 4.69) is 63.0 Å². The summed E-state index contributed by atoms with van der Waals surface area (Å²) in [6, 6.07) is 7.49. The molecule has 2 heteroatoms. The van der Waals surface area contributed by atoms with Crippen molar-refractivity contribution in [2.75, 3.05) is 13.1 Å². The molecule has 21 heavy (non-hydrogen) atoms. The van der Waals surface area contributed by atoms with Crippen molar-refractivity contribution in [2.45, 2.75) is 72.0 Å². The third-order valence-corrected chi connectivity index (χ3v) is 5.42. The Labute approximate surface area is 130 Å². The lowest BCUT2D eigenvalue weighted by Gasteiger charge is -2.37. The van der Waals surface area contributed by atoms with Crippen molar-refractivity contribution < 1.29 is 0 Å². The highest BCUT2D eigenvalue weighted by Crippen LogP contribution is 2.25. The topological polar surface area (TPSA) is 15.3 Å². The molecule has 1 aromatic carbocycles. The number of benzene rings is 1. The molecule has 2 rings (SSSR count). The van der Waals surface area contributed by atoms with Gasteiger partial charge in [-0.1, -0.05) is 37.6 Å². The van der Waals surface area contributed by atoms with Gasteiger partial charge in [-0.3, -0.25) is 4.90 Å². The zero-order valence-corrected chi connectivity index (χ0v) is 14.5. The molecule has 118 valence electrons. The lowest BCUT2D eigenvalue weighted by atomic mass is 9.92. The van der Waals surface area contributed by atoms with E-state index in [-0.39, 0.29) is 0 Å². The SMILES string of the molecule is CCC1(CC)CN(Cc2cc(C)ccc2C)C(C)CCN1. The highest BCUT2D eigenvalue weighted by Gasteiger charge is 2.32. The Kier molecular flexibility index (Phi) is 5.45. The normalized spacial score (nSPS) is 23.0. The molecular formula is C19H32N2. The van der Waals surface area contributed by atoms with E-state index >= 15 is 0 Å². The minimum Gasteiger partial charge on any atom is -0.310 e. The van der Waals surface area contributed by atoms with Crippen molar-refractivity contribution in [1.29, 1.82) is 0 Å².